The van der Waals surface area contributed by atoms with Gasteiger partial charge in [0.1, 0.15) is 0 Å². The lowest BCUT2D eigenvalue weighted by Gasteiger charge is -2.40. The van der Waals surface area contributed by atoms with Crippen molar-refractivity contribution in [2.45, 2.75) is 13.8 Å². The Morgan fingerprint density at radius 2 is 1.30 bits per heavy atom. The molecular formula is C41H33BN2. The number of hydrogen-bond donors (Lipinski definition) is 0. The Morgan fingerprint density at radius 3 is 2.00 bits per heavy atom. The summed E-state index contributed by atoms with van der Waals surface area (Å²) in [7, 11) is 0. The number of benzene rings is 5. The van der Waals surface area contributed by atoms with Crippen molar-refractivity contribution < 1.29 is 0 Å². The normalized spacial score (nSPS) is 19.9. The summed E-state index contributed by atoms with van der Waals surface area (Å²) < 4.78 is 0. The molecular weight excluding hydrogens is 531 g/mol. The molecule has 5 aromatic rings. The molecule has 0 radical (unpaired) electrons. The van der Waals surface area contributed by atoms with E-state index in [0.717, 1.165) is 17.1 Å². The zero-order chi connectivity index (χ0) is 29.4. The average Bonchev–Trinajstić information content (AvgIpc) is 3.55. The van der Waals surface area contributed by atoms with Gasteiger partial charge in [0.05, 0.1) is 0 Å². The summed E-state index contributed by atoms with van der Waals surface area (Å²) >= 11 is 0. The Morgan fingerprint density at radius 1 is 0.636 bits per heavy atom. The molecule has 2 unspecified atom stereocenters. The van der Waals surface area contributed by atoms with E-state index >= 15 is 0 Å². The van der Waals surface area contributed by atoms with Gasteiger partial charge < -0.3 is 9.80 Å². The number of allylic oxidation sites excluding steroid dienone is 6. The van der Waals surface area contributed by atoms with Crippen molar-refractivity contribution in [3.8, 4) is 0 Å². The second-order valence-electron chi connectivity index (χ2n) is 13.0. The van der Waals surface area contributed by atoms with Crippen LogP contribution in [0.3, 0.4) is 0 Å². The summed E-state index contributed by atoms with van der Waals surface area (Å²) in [6, 6.07) is 46.5. The van der Waals surface area contributed by atoms with Gasteiger partial charge in [0, 0.05) is 34.1 Å². The summed E-state index contributed by atoms with van der Waals surface area (Å²) in [5.41, 5.74) is 14.7. The molecule has 0 saturated heterocycles. The third-order valence-electron chi connectivity index (χ3n) is 10.3. The molecule has 9 rings (SSSR count). The first-order valence-corrected chi connectivity index (χ1v) is 15.7. The lowest BCUT2D eigenvalue weighted by atomic mass is 9.34. The van der Waals surface area contributed by atoms with Crippen LogP contribution in [0.2, 0.25) is 0 Å². The van der Waals surface area contributed by atoms with Crippen LogP contribution in [0.25, 0.3) is 5.57 Å². The summed E-state index contributed by atoms with van der Waals surface area (Å²) in [4.78, 5) is 4.88. The molecule has 2 heterocycles. The van der Waals surface area contributed by atoms with E-state index in [4.69, 9.17) is 0 Å². The van der Waals surface area contributed by atoms with Crippen molar-refractivity contribution in [2.24, 2.45) is 17.3 Å². The largest absolute Gasteiger partial charge is 0.311 e. The molecule has 0 bridgehead atoms. The van der Waals surface area contributed by atoms with E-state index in [-0.39, 0.29) is 12.1 Å². The Balaban J connectivity index is 1.31. The minimum atomic E-state index is 0.0584. The van der Waals surface area contributed by atoms with E-state index < -0.39 is 0 Å². The number of rotatable bonds is 4. The van der Waals surface area contributed by atoms with Gasteiger partial charge in [-0.25, -0.2) is 0 Å². The number of hydrogen-bond acceptors (Lipinski definition) is 2. The predicted molar refractivity (Wildman–Crippen MR) is 187 cm³/mol. The minimum absolute atomic E-state index is 0.0584. The third-order valence-corrected chi connectivity index (χ3v) is 10.3. The van der Waals surface area contributed by atoms with Crippen LogP contribution in [-0.2, 0) is 0 Å². The van der Waals surface area contributed by atoms with Gasteiger partial charge in [-0.2, -0.15) is 0 Å². The molecule has 5 aromatic carbocycles. The van der Waals surface area contributed by atoms with E-state index in [1.54, 1.807) is 11.0 Å². The molecule has 3 heteroatoms. The van der Waals surface area contributed by atoms with Crippen LogP contribution in [0.5, 0.6) is 0 Å². The third kappa shape index (κ3) is 3.50. The maximum Gasteiger partial charge on any atom is 0.244 e. The van der Waals surface area contributed by atoms with Crippen molar-refractivity contribution in [3.63, 3.8) is 0 Å². The van der Waals surface area contributed by atoms with E-state index in [1.165, 1.54) is 33.6 Å². The van der Waals surface area contributed by atoms with Crippen LogP contribution in [-0.4, -0.2) is 6.71 Å². The average molecular weight is 565 g/mol. The highest BCUT2D eigenvalue weighted by molar-refractivity contribution is 6.96. The lowest BCUT2D eigenvalue weighted by Crippen LogP contribution is -2.51. The molecule has 2 atom stereocenters. The molecule has 0 fully saturated rings. The van der Waals surface area contributed by atoms with E-state index in [9.17, 15) is 0 Å². The molecule has 2 aliphatic carbocycles. The van der Waals surface area contributed by atoms with Gasteiger partial charge >= 0.3 is 0 Å². The second-order valence-corrected chi connectivity index (χ2v) is 13.0. The fraction of sp³-hybridized carbons (Fsp3) is 0.122. The fourth-order valence-electron chi connectivity index (χ4n) is 8.58. The zero-order valence-electron chi connectivity index (χ0n) is 25.1. The molecule has 2 aliphatic heterocycles. The molecule has 0 saturated carbocycles. The highest BCUT2D eigenvalue weighted by atomic mass is 15.2. The summed E-state index contributed by atoms with van der Waals surface area (Å²) in [6.07, 6.45) is 9.43. The Bertz CT molecular complexity index is 1970. The zero-order valence-corrected chi connectivity index (χ0v) is 25.1. The van der Waals surface area contributed by atoms with E-state index in [0.29, 0.717) is 11.8 Å². The quantitative estimate of drug-likeness (QED) is 0.201. The lowest BCUT2D eigenvalue weighted by molar-refractivity contribution is 0.342. The number of para-hydroxylation sites is 3. The van der Waals surface area contributed by atoms with Gasteiger partial charge in [0.25, 0.3) is 0 Å². The second kappa shape index (κ2) is 9.49. The van der Waals surface area contributed by atoms with E-state index in [1.807, 2.05) is 0 Å². The summed E-state index contributed by atoms with van der Waals surface area (Å²) in [5, 5.41) is 0. The maximum atomic E-state index is 2.51. The standard InChI is InChI=1S/C41H33BN2/c1-41(2)34-23-13-12-21-32(34)40-38(41)33-22-14-24-36-39(33)42(40)35-26-25-31(27-37(35)44(36)30-19-10-5-11-20-30)43(28-15-6-3-7-16-28)29-17-8-4-9-18-29/h3-27,32,34H,1-2H3. The fourth-order valence-corrected chi connectivity index (χ4v) is 8.58. The van der Waals surface area contributed by atoms with Crippen LogP contribution in [0.15, 0.2) is 157 Å². The van der Waals surface area contributed by atoms with Gasteiger partial charge in [-0.15, -0.1) is 0 Å². The summed E-state index contributed by atoms with van der Waals surface area (Å²) in [5.74, 6) is 0.895. The van der Waals surface area contributed by atoms with E-state index in [2.05, 4.69) is 175 Å². The highest BCUT2D eigenvalue weighted by Crippen LogP contribution is 2.60. The first kappa shape index (κ1) is 25.5. The number of nitrogens with zero attached hydrogens (tertiary/aromatic N) is 2. The number of fused-ring (bicyclic) bond motifs is 6. The predicted octanol–water partition coefficient (Wildman–Crippen LogP) is 9.25. The number of anilines is 6. The van der Waals surface area contributed by atoms with Crippen LogP contribution in [0.1, 0.15) is 19.4 Å². The van der Waals surface area contributed by atoms with Gasteiger partial charge in [0.2, 0.25) is 6.71 Å². The molecule has 44 heavy (non-hydrogen) atoms. The Labute approximate surface area is 260 Å². The topological polar surface area (TPSA) is 6.48 Å². The Hall–Kier alpha value is -5.02. The molecule has 0 spiro atoms. The first-order chi connectivity index (χ1) is 21.6. The smallest absolute Gasteiger partial charge is 0.244 e. The maximum absolute atomic E-state index is 2.51. The van der Waals surface area contributed by atoms with Crippen LogP contribution < -0.4 is 20.7 Å². The van der Waals surface area contributed by atoms with Crippen molar-refractivity contribution in [3.05, 3.63) is 163 Å². The molecule has 0 aromatic heterocycles. The minimum Gasteiger partial charge on any atom is -0.311 e. The van der Waals surface area contributed by atoms with Crippen LogP contribution in [0, 0.1) is 17.3 Å². The van der Waals surface area contributed by atoms with Crippen molar-refractivity contribution in [1.82, 2.24) is 0 Å². The van der Waals surface area contributed by atoms with Gasteiger partial charge in [0.15, 0.2) is 0 Å². The van der Waals surface area contributed by atoms with Crippen molar-refractivity contribution in [1.29, 1.82) is 0 Å². The Kier molecular flexibility index (Phi) is 5.50. The van der Waals surface area contributed by atoms with Crippen LogP contribution >= 0.6 is 0 Å². The van der Waals surface area contributed by atoms with Crippen molar-refractivity contribution >= 4 is 57.3 Å². The monoisotopic (exact) mass is 564 g/mol. The van der Waals surface area contributed by atoms with Crippen LogP contribution in [0.4, 0.5) is 34.1 Å². The van der Waals surface area contributed by atoms with Gasteiger partial charge in [-0.3, -0.25) is 0 Å². The molecule has 4 aliphatic rings. The van der Waals surface area contributed by atoms with Gasteiger partial charge in [-0.05, 0) is 93.9 Å². The van der Waals surface area contributed by atoms with Crippen molar-refractivity contribution in [2.75, 3.05) is 9.80 Å². The first-order valence-electron chi connectivity index (χ1n) is 15.7. The molecule has 0 amide bonds. The highest BCUT2D eigenvalue weighted by Gasteiger charge is 2.56. The molecule has 210 valence electrons. The SMILES string of the molecule is CC1(C)C2=C(B3c4ccc(N(c5ccccc5)c5ccccc5)cc4N(c4ccccc4)c4cccc2c43)C2C=CC=CC21. The molecule has 0 N–H and O–H groups in total. The molecule has 2 nitrogen and oxygen atoms in total. The summed E-state index contributed by atoms with van der Waals surface area (Å²) in [6.45, 7) is 5.17. The van der Waals surface area contributed by atoms with Gasteiger partial charge in [-0.1, -0.05) is 116 Å².